The number of rotatable bonds is 4. The fraction of sp³-hybridized carbons (Fsp3) is 0.450. The van der Waals surface area contributed by atoms with Crippen LogP contribution in [-0.4, -0.2) is 62.4 Å². The molecular formula is C20H26N4O. The quantitative estimate of drug-likeness (QED) is 0.923. The van der Waals surface area contributed by atoms with Crippen LogP contribution in [0.1, 0.15) is 5.56 Å². The molecular weight excluding hydrogens is 312 g/mol. The SMILES string of the molecule is c1cc(-c2ccccc2CN2CCOCC2)nc(N2CCNCC2)c1. The molecule has 25 heavy (non-hydrogen) atoms. The van der Waals surface area contributed by atoms with Crippen LogP contribution >= 0.6 is 0 Å². The van der Waals surface area contributed by atoms with Crippen molar-refractivity contribution in [2.45, 2.75) is 6.54 Å². The molecule has 2 aliphatic heterocycles. The highest BCUT2D eigenvalue weighted by atomic mass is 16.5. The summed E-state index contributed by atoms with van der Waals surface area (Å²) in [7, 11) is 0. The lowest BCUT2D eigenvalue weighted by Gasteiger charge is -2.29. The molecule has 1 aromatic carbocycles. The summed E-state index contributed by atoms with van der Waals surface area (Å²) < 4.78 is 5.47. The van der Waals surface area contributed by atoms with Crippen molar-refractivity contribution in [3.63, 3.8) is 0 Å². The molecule has 5 nitrogen and oxygen atoms in total. The molecule has 4 rings (SSSR count). The molecule has 2 saturated heterocycles. The van der Waals surface area contributed by atoms with Crippen LogP contribution in [0.5, 0.6) is 0 Å². The molecule has 1 aromatic heterocycles. The molecule has 0 radical (unpaired) electrons. The van der Waals surface area contributed by atoms with Gasteiger partial charge in [0.15, 0.2) is 0 Å². The Morgan fingerprint density at radius 3 is 2.56 bits per heavy atom. The molecule has 2 aromatic rings. The van der Waals surface area contributed by atoms with Crippen molar-refractivity contribution in [2.24, 2.45) is 0 Å². The highest BCUT2D eigenvalue weighted by Gasteiger charge is 2.16. The second kappa shape index (κ2) is 7.95. The van der Waals surface area contributed by atoms with Crippen LogP contribution in [0, 0.1) is 0 Å². The van der Waals surface area contributed by atoms with Gasteiger partial charge in [0.25, 0.3) is 0 Å². The summed E-state index contributed by atoms with van der Waals surface area (Å²) in [6, 6.07) is 15.0. The molecule has 0 atom stereocenters. The third-order valence-electron chi connectivity index (χ3n) is 4.97. The lowest BCUT2D eigenvalue weighted by molar-refractivity contribution is 0.0342. The molecule has 1 N–H and O–H groups in total. The van der Waals surface area contributed by atoms with Crippen molar-refractivity contribution in [3.8, 4) is 11.3 Å². The first-order chi connectivity index (χ1) is 12.4. The Morgan fingerprint density at radius 1 is 0.920 bits per heavy atom. The minimum atomic E-state index is 0.832. The van der Waals surface area contributed by atoms with E-state index >= 15 is 0 Å². The van der Waals surface area contributed by atoms with Crippen LogP contribution in [-0.2, 0) is 11.3 Å². The third-order valence-corrected chi connectivity index (χ3v) is 4.97. The van der Waals surface area contributed by atoms with Gasteiger partial charge in [0, 0.05) is 51.4 Å². The van der Waals surface area contributed by atoms with Gasteiger partial charge in [-0.15, -0.1) is 0 Å². The van der Waals surface area contributed by atoms with E-state index in [4.69, 9.17) is 9.72 Å². The Balaban J connectivity index is 1.58. The Labute approximate surface area is 149 Å². The number of benzene rings is 1. The van der Waals surface area contributed by atoms with E-state index in [1.165, 1.54) is 11.1 Å². The predicted molar refractivity (Wildman–Crippen MR) is 101 cm³/mol. The highest BCUT2D eigenvalue weighted by Crippen LogP contribution is 2.25. The normalized spacial score (nSPS) is 19.1. The van der Waals surface area contributed by atoms with Gasteiger partial charge in [0.2, 0.25) is 0 Å². The molecule has 2 aliphatic rings. The summed E-state index contributed by atoms with van der Waals surface area (Å²) in [6.07, 6.45) is 0. The number of anilines is 1. The zero-order valence-corrected chi connectivity index (χ0v) is 14.7. The number of aromatic nitrogens is 1. The van der Waals surface area contributed by atoms with Gasteiger partial charge in [-0.1, -0.05) is 30.3 Å². The number of hydrogen-bond donors (Lipinski definition) is 1. The van der Waals surface area contributed by atoms with Gasteiger partial charge in [0.05, 0.1) is 18.9 Å². The first kappa shape index (κ1) is 16.5. The fourth-order valence-corrected chi connectivity index (χ4v) is 3.55. The van der Waals surface area contributed by atoms with E-state index in [-0.39, 0.29) is 0 Å². The topological polar surface area (TPSA) is 40.6 Å². The molecule has 0 unspecified atom stereocenters. The Kier molecular flexibility index (Phi) is 5.25. The summed E-state index contributed by atoms with van der Waals surface area (Å²) in [5.74, 6) is 1.08. The number of hydrogen-bond acceptors (Lipinski definition) is 5. The summed E-state index contributed by atoms with van der Waals surface area (Å²) in [4.78, 5) is 9.80. The van der Waals surface area contributed by atoms with Gasteiger partial charge < -0.3 is 15.0 Å². The summed E-state index contributed by atoms with van der Waals surface area (Å²) >= 11 is 0. The number of piperazine rings is 1. The van der Waals surface area contributed by atoms with E-state index in [1.54, 1.807) is 0 Å². The van der Waals surface area contributed by atoms with Gasteiger partial charge in [-0.25, -0.2) is 4.98 Å². The van der Waals surface area contributed by atoms with E-state index in [9.17, 15) is 0 Å². The maximum absolute atomic E-state index is 5.47. The molecule has 2 fully saturated rings. The smallest absolute Gasteiger partial charge is 0.129 e. The van der Waals surface area contributed by atoms with E-state index in [0.29, 0.717) is 0 Å². The van der Waals surface area contributed by atoms with Gasteiger partial charge in [-0.05, 0) is 17.7 Å². The Hall–Kier alpha value is -1.95. The summed E-state index contributed by atoms with van der Waals surface area (Å²) in [5, 5.41) is 3.40. The number of morpholine rings is 1. The molecule has 0 saturated carbocycles. The average Bonchev–Trinajstić information content (AvgIpc) is 2.70. The number of nitrogens with zero attached hydrogens (tertiary/aromatic N) is 3. The van der Waals surface area contributed by atoms with Gasteiger partial charge in [0.1, 0.15) is 5.82 Å². The zero-order valence-electron chi connectivity index (χ0n) is 14.7. The molecule has 0 spiro atoms. The number of ether oxygens (including phenoxy) is 1. The minimum absolute atomic E-state index is 0.832. The van der Waals surface area contributed by atoms with Crippen LogP contribution in [0.4, 0.5) is 5.82 Å². The van der Waals surface area contributed by atoms with Crippen molar-refractivity contribution in [1.29, 1.82) is 0 Å². The number of pyridine rings is 1. The molecule has 3 heterocycles. The largest absolute Gasteiger partial charge is 0.379 e. The van der Waals surface area contributed by atoms with Crippen molar-refractivity contribution in [2.75, 3.05) is 57.4 Å². The third kappa shape index (κ3) is 4.00. The Morgan fingerprint density at radius 2 is 1.72 bits per heavy atom. The maximum Gasteiger partial charge on any atom is 0.129 e. The second-order valence-electron chi connectivity index (χ2n) is 6.66. The predicted octanol–water partition coefficient (Wildman–Crippen LogP) is 1.99. The van der Waals surface area contributed by atoms with Gasteiger partial charge >= 0.3 is 0 Å². The molecule has 5 heteroatoms. The summed E-state index contributed by atoms with van der Waals surface area (Å²) in [5.41, 5.74) is 3.65. The minimum Gasteiger partial charge on any atom is -0.379 e. The van der Waals surface area contributed by atoms with Gasteiger partial charge in [-0.2, -0.15) is 0 Å². The number of nitrogens with one attached hydrogen (secondary N) is 1. The van der Waals surface area contributed by atoms with Crippen LogP contribution in [0.15, 0.2) is 42.5 Å². The Bertz CT molecular complexity index is 694. The fourth-order valence-electron chi connectivity index (χ4n) is 3.55. The monoisotopic (exact) mass is 338 g/mol. The van der Waals surface area contributed by atoms with Gasteiger partial charge in [-0.3, -0.25) is 4.90 Å². The molecule has 0 amide bonds. The lowest BCUT2D eigenvalue weighted by atomic mass is 10.0. The van der Waals surface area contributed by atoms with Crippen LogP contribution in [0.2, 0.25) is 0 Å². The van der Waals surface area contributed by atoms with E-state index in [0.717, 1.165) is 70.5 Å². The molecule has 132 valence electrons. The first-order valence-corrected chi connectivity index (χ1v) is 9.21. The maximum atomic E-state index is 5.47. The van der Waals surface area contributed by atoms with E-state index in [1.807, 2.05) is 0 Å². The average molecular weight is 338 g/mol. The second-order valence-corrected chi connectivity index (χ2v) is 6.66. The lowest BCUT2D eigenvalue weighted by Crippen LogP contribution is -2.43. The van der Waals surface area contributed by atoms with Crippen molar-refractivity contribution >= 4 is 5.82 Å². The van der Waals surface area contributed by atoms with Crippen LogP contribution in [0.25, 0.3) is 11.3 Å². The van der Waals surface area contributed by atoms with Crippen LogP contribution < -0.4 is 10.2 Å². The summed E-state index contributed by atoms with van der Waals surface area (Å²) in [6.45, 7) is 8.72. The standard InChI is InChI=1S/C20H26N4O/c1-2-5-18(17(4-1)16-23-12-14-25-15-13-23)19-6-3-7-20(22-19)24-10-8-21-9-11-24/h1-7,21H,8-16H2. The first-order valence-electron chi connectivity index (χ1n) is 9.21. The highest BCUT2D eigenvalue weighted by molar-refractivity contribution is 5.65. The van der Waals surface area contributed by atoms with Crippen LogP contribution in [0.3, 0.4) is 0 Å². The van der Waals surface area contributed by atoms with Crippen molar-refractivity contribution in [1.82, 2.24) is 15.2 Å². The van der Waals surface area contributed by atoms with Crippen molar-refractivity contribution < 1.29 is 4.74 Å². The zero-order chi connectivity index (χ0) is 16.9. The van der Waals surface area contributed by atoms with E-state index in [2.05, 4.69) is 57.6 Å². The molecule has 0 bridgehead atoms. The van der Waals surface area contributed by atoms with Crippen molar-refractivity contribution in [3.05, 3.63) is 48.0 Å². The molecule has 0 aliphatic carbocycles. The van der Waals surface area contributed by atoms with E-state index < -0.39 is 0 Å².